The van der Waals surface area contributed by atoms with Gasteiger partial charge in [0, 0.05) is 28.2 Å². The first kappa shape index (κ1) is 30.0. The molecule has 6 aromatic carbocycles. The Morgan fingerprint density at radius 1 is 0.469 bits per heavy atom. The maximum Gasteiger partial charge on any atom is 0.0960 e. The molecule has 0 saturated carbocycles. The molecule has 0 amide bonds. The number of benzene rings is 6. The molecule has 2 heteroatoms. The molecular formula is C47H44N2. The fraction of sp³-hybridized carbons (Fsp3) is 0.234. The van der Waals surface area contributed by atoms with E-state index in [1.807, 2.05) is 0 Å². The van der Waals surface area contributed by atoms with Crippen molar-refractivity contribution in [1.82, 2.24) is 0 Å². The lowest BCUT2D eigenvalue weighted by Gasteiger charge is -2.35. The van der Waals surface area contributed by atoms with Crippen LogP contribution in [0.1, 0.15) is 88.9 Å². The predicted molar refractivity (Wildman–Crippen MR) is 206 cm³/mol. The number of hydrogen-bond donors (Lipinski definition) is 0. The zero-order valence-electron chi connectivity index (χ0n) is 29.7. The Balaban J connectivity index is 1.15. The first-order chi connectivity index (χ1) is 23.6. The van der Waals surface area contributed by atoms with Crippen LogP contribution in [0.3, 0.4) is 0 Å². The van der Waals surface area contributed by atoms with Gasteiger partial charge in [-0.1, -0.05) is 104 Å². The summed E-state index contributed by atoms with van der Waals surface area (Å²) < 4.78 is 0. The molecule has 0 fully saturated rings. The van der Waals surface area contributed by atoms with Gasteiger partial charge >= 0.3 is 0 Å². The molecule has 242 valence electrons. The molecular weight excluding hydrogens is 593 g/mol. The van der Waals surface area contributed by atoms with E-state index >= 15 is 0 Å². The summed E-state index contributed by atoms with van der Waals surface area (Å²) in [5.74, 6) is 0. The second-order valence-corrected chi connectivity index (χ2v) is 15.3. The van der Waals surface area contributed by atoms with Gasteiger partial charge < -0.3 is 9.80 Å². The summed E-state index contributed by atoms with van der Waals surface area (Å²) in [6.45, 7) is 15.9. The van der Waals surface area contributed by atoms with Crippen LogP contribution in [0.25, 0.3) is 11.1 Å². The van der Waals surface area contributed by atoms with Crippen LogP contribution in [-0.2, 0) is 11.0 Å². The summed E-state index contributed by atoms with van der Waals surface area (Å²) in [4.78, 5) is 5.13. The first-order valence-corrected chi connectivity index (χ1v) is 17.9. The third-order valence-corrected chi connectivity index (χ3v) is 11.7. The van der Waals surface area contributed by atoms with Crippen LogP contribution >= 0.6 is 0 Å². The van der Waals surface area contributed by atoms with Gasteiger partial charge in [0.15, 0.2) is 0 Å². The normalized spacial score (nSPS) is 18.6. The fourth-order valence-electron chi connectivity index (χ4n) is 8.74. The van der Waals surface area contributed by atoms with E-state index in [0.29, 0.717) is 0 Å². The maximum atomic E-state index is 2.60. The van der Waals surface area contributed by atoms with Crippen LogP contribution in [-0.4, -0.2) is 0 Å². The molecule has 0 bridgehead atoms. The number of anilines is 4. The predicted octanol–water partition coefficient (Wildman–Crippen LogP) is 12.3. The van der Waals surface area contributed by atoms with Crippen molar-refractivity contribution in [2.75, 3.05) is 9.80 Å². The summed E-state index contributed by atoms with van der Waals surface area (Å²) in [5.41, 5.74) is 21.4. The minimum absolute atomic E-state index is 0.0823. The van der Waals surface area contributed by atoms with Gasteiger partial charge in [-0.15, -0.1) is 0 Å². The Hall–Kier alpha value is -5.08. The molecule has 0 N–H and O–H groups in total. The van der Waals surface area contributed by atoms with E-state index < -0.39 is 0 Å². The van der Waals surface area contributed by atoms with Crippen molar-refractivity contribution in [1.29, 1.82) is 0 Å². The summed E-state index contributed by atoms with van der Waals surface area (Å²) >= 11 is 0. The fourth-order valence-corrected chi connectivity index (χ4v) is 8.74. The van der Waals surface area contributed by atoms with Gasteiger partial charge in [-0.05, 0) is 139 Å². The molecule has 0 spiro atoms. The molecule has 0 heterocycles. The summed E-state index contributed by atoms with van der Waals surface area (Å²) in [5, 5.41) is 0. The molecule has 0 radical (unpaired) electrons. The third-order valence-electron chi connectivity index (χ3n) is 11.7. The van der Waals surface area contributed by atoms with Gasteiger partial charge in [0.25, 0.3) is 0 Å². The van der Waals surface area contributed by atoms with E-state index in [1.54, 1.807) is 0 Å². The lowest BCUT2D eigenvalue weighted by Crippen LogP contribution is -2.32. The number of fused-ring (bicyclic) bond motifs is 5. The van der Waals surface area contributed by atoms with Crippen molar-refractivity contribution in [2.24, 2.45) is 0 Å². The number of hydrogen-bond acceptors (Lipinski definition) is 2. The van der Waals surface area contributed by atoms with Crippen LogP contribution in [0.4, 0.5) is 22.7 Å². The van der Waals surface area contributed by atoms with E-state index in [-0.39, 0.29) is 17.0 Å². The summed E-state index contributed by atoms with van der Waals surface area (Å²) in [7, 11) is 0. The zero-order valence-corrected chi connectivity index (χ0v) is 29.7. The molecule has 2 nitrogen and oxygen atoms in total. The monoisotopic (exact) mass is 636 g/mol. The van der Waals surface area contributed by atoms with Crippen LogP contribution in [0.5, 0.6) is 0 Å². The Morgan fingerprint density at radius 2 is 0.857 bits per heavy atom. The molecule has 9 rings (SSSR count). The van der Waals surface area contributed by atoms with Crippen LogP contribution < -0.4 is 9.80 Å². The van der Waals surface area contributed by atoms with Crippen LogP contribution in [0.15, 0.2) is 121 Å². The van der Waals surface area contributed by atoms with Gasteiger partial charge in [-0.2, -0.15) is 0 Å². The maximum absolute atomic E-state index is 2.60. The van der Waals surface area contributed by atoms with E-state index in [4.69, 9.17) is 0 Å². The number of nitrogens with zero attached hydrogens (tertiary/aromatic N) is 2. The molecule has 6 aromatic rings. The van der Waals surface area contributed by atoms with Crippen molar-refractivity contribution in [3.8, 4) is 11.1 Å². The van der Waals surface area contributed by atoms with Gasteiger partial charge in [-0.3, -0.25) is 0 Å². The van der Waals surface area contributed by atoms with Gasteiger partial charge in [0.05, 0.1) is 11.6 Å². The highest BCUT2D eigenvalue weighted by Gasteiger charge is 2.56. The highest BCUT2D eigenvalue weighted by molar-refractivity contribution is 5.90. The summed E-state index contributed by atoms with van der Waals surface area (Å²) in [6.07, 6.45) is 1.01. The number of aryl methyl sites for hydroxylation is 4. The first-order valence-electron chi connectivity index (χ1n) is 17.9. The lowest BCUT2D eigenvalue weighted by atomic mass is 9.82. The zero-order chi connectivity index (χ0) is 33.8. The highest BCUT2D eigenvalue weighted by atomic mass is 15.2. The SMILES string of the molecule is CCC1(N(c2ccc(C)cc2)c2ccc(C)cc2)c2cc3c(cc21)C(C)(C)c1cc2c(cc1-3)C2N(c1ccc(C)cc1)c1ccc(C)cc1. The smallest absolute Gasteiger partial charge is 0.0960 e. The van der Waals surface area contributed by atoms with Crippen LogP contribution in [0, 0.1) is 27.7 Å². The van der Waals surface area contributed by atoms with Gasteiger partial charge in [0.2, 0.25) is 0 Å². The van der Waals surface area contributed by atoms with Crippen molar-refractivity contribution < 1.29 is 0 Å². The molecule has 3 aliphatic rings. The van der Waals surface area contributed by atoms with E-state index in [1.165, 1.54) is 89.5 Å². The average molecular weight is 637 g/mol. The van der Waals surface area contributed by atoms with E-state index in [9.17, 15) is 0 Å². The molecule has 3 aliphatic carbocycles. The number of rotatable bonds is 7. The molecule has 0 saturated heterocycles. The van der Waals surface area contributed by atoms with Crippen molar-refractivity contribution in [3.63, 3.8) is 0 Å². The van der Waals surface area contributed by atoms with Crippen molar-refractivity contribution >= 4 is 22.7 Å². The Kier molecular flexibility index (Phi) is 6.41. The Morgan fingerprint density at radius 3 is 1.33 bits per heavy atom. The second-order valence-electron chi connectivity index (χ2n) is 15.3. The quantitative estimate of drug-likeness (QED) is 0.172. The van der Waals surface area contributed by atoms with Crippen molar-refractivity contribution in [2.45, 2.75) is 71.9 Å². The molecule has 49 heavy (non-hydrogen) atoms. The highest BCUT2D eigenvalue weighted by Crippen LogP contribution is 2.64. The molecule has 2 atom stereocenters. The topological polar surface area (TPSA) is 6.48 Å². The second kappa shape index (κ2) is 10.5. The lowest BCUT2D eigenvalue weighted by molar-refractivity contribution is 0.608. The van der Waals surface area contributed by atoms with Crippen molar-refractivity contribution in [3.05, 3.63) is 177 Å². The van der Waals surface area contributed by atoms with Gasteiger partial charge in [-0.25, -0.2) is 0 Å². The Labute approximate surface area is 291 Å². The minimum Gasteiger partial charge on any atom is -0.330 e. The largest absolute Gasteiger partial charge is 0.330 e. The minimum atomic E-state index is -0.162. The molecule has 0 aromatic heterocycles. The standard InChI is InChI=1S/C47H44N2/c1-8-47(49(35-21-13-31(4)14-22-35)36-23-15-32(5)16-24-36)43-26-38-37-25-39-40(27-41(37)46(6,7)42(38)28-44(43)47)45(39)48(33-17-9-29(2)10-18-33)34-19-11-30(3)12-20-34/h9-28,45H,8H2,1-7H3. The van der Waals surface area contributed by atoms with Crippen LogP contribution in [0.2, 0.25) is 0 Å². The van der Waals surface area contributed by atoms with Gasteiger partial charge in [0.1, 0.15) is 0 Å². The molecule has 2 unspecified atom stereocenters. The molecule has 0 aliphatic heterocycles. The van der Waals surface area contributed by atoms with E-state index in [0.717, 1.165) is 6.42 Å². The third kappa shape index (κ3) is 4.39. The van der Waals surface area contributed by atoms with E-state index in [2.05, 4.69) is 180 Å². The summed E-state index contributed by atoms with van der Waals surface area (Å²) in [6, 6.07) is 46.6. The Bertz CT molecular complexity index is 2170. The average Bonchev–Trinajstić information content (AvgIpc) is 3.96.